The Hall–Kier alpha value is -1.89. The summed E-state index contributed by atoms with van der Waals surface area (Å²) in [5, 5.41) is 8.98. The van der Waals surface area contributed by atoms with Crippen LogP contribution in [0.1, 0.15) is 17.3 Å². The molecule has 0 amide bonds. The van der Waals surface area contributed by atoms with Crippen molar-refractivity contribution < 1.29 is 14.3 Å². The van der Waals surface area contributed by atoms with Crippen LogP contribution in [0.3, 0.4) is 0 Å². The summed E-state index contributed by atoms with van der Waals surface area (Å²) in [5.74, 6) is -1.93. The number of carbonyl (C=O) groups is 1. The SMILES string of the molecule is CCn1c(=O)oc(=O)c2cc(C(=O)O)cc(Br)c21. The summed E-state index contributed by atoms with van der Waals surface area (Å²) in [6, 6.07) is 2.54. The number of nitrogens with zero attached hydrogens (tertiary/aromatic N) is 1. The molecule has 2 rings (SSSR count). The molecule has 6 nitrogen and oxygen atoms in total. The van der Waals surface area contributed by atoms with Crippen LogP contribution in [0.15, 0.2) is 30.6 Å². The first-order chi connectivity index (χ1) is 8.45. The van der Waals surface area contributed by atoms with E-state index in [9.17, 15) is 14.4 Å². The van der Waals surface area contributed by atoms with Gasteiger partial charge in [0.2, 0.25) is 0 Å². The predicted molar refractivity (Wildman–Crippen MR) is 67.1 cm³/mol. The van der Waals surface area contributed by atoms with E-state index in [1.165, 1.54) is 16.7 Å². The molecule has 0 radical (unpaired) electrons. The smallest absolute Gasteiger partial charge is 0.422 e. The fourth-order valence-electron chi connectivity index (χ4n) is 1.72. The van der Waals surface area contributed by atoms with Gasteiger partial charge in [-0.25, -0.2) is 14.4 Å². The third-order valence-corrected chi connectivity index (χ3v) is 3.12. The lowest BCUT2D eigenvalue weighted by Gasteiger charge is -2.08. The van der Waals surface area contributed by atoms with E-state index >= 15 is 0 Å². The largest absolute Gasteiger partial charge is 0.478 e. The van der Waals surface area contributed by atoms with Crippen LogP contribution in [0.25, 0.3) is 10.9 Å². The molecule has 7 heteroatoms. The van der Waals surface area contributed by atoms with Crippen LogP contribution >= 0.6 is 15.9 Å². The van der Waals surface area contributed by atoms with Gasteiger partial charge in [0.15, 0.2) is 0 Å². The quantitative estimate of drug-likeness (QED) is 0.906. The Balaban J connectivity index is 3.04. The summed E-state index contributed by atoms with van der Waals surface area (Å²) in [6.45, 7) is 2.03. The number of halogens is 1. The number of hydrogen-bond acceptors (Lipinski definition) is 4. The lowest BCUT2D eigenvalue weighted by Crippen LogP contribution is -2.25. The molecule has 2 aromatic rings. The van der Waals surface area contributed by atoms with Crippen molar-refractivity contribution in [2.75, 3.05) is 0 Å². The average molecular weight is 314 g/mol. The molecule has 0 atom stereocenters. The Kier molecular flexibility index (Phi) is 3.08. The number of aromatic carboxylic acids is 1. The fourth-order valence-corrected chi connectivity index (χ4v) is 2.39. The molecule has 0 aliphatic rings. The number of carboxylic acid groups (broad SMARTS) is 1. The molecule has 94 valence electrons. The Labute approximate surface area is 109 Å². The zero-order chi connectivity index (χ0) is 13.4. The maximum absolute atomic E-state index is 11.6. The number of carboxylic acids is 1. The van der Waals surface area contributed by atoms with Crippen molar-refractivity contribution in [1.29, 1.82) is 0 Å². The summed E-state index contributed by atoms with van der Waals surface area (Å²) in [7, 11) is 0. The van der Waals surface area contributed by atoms with Crippen molar-refractivity contribution in [2.45, 2.75) is 13.5 Å². The van der Waals surface area contributed by atoms with E-state index in [2.05, 4.69) is 20.3 Å². The van der Waals surface area contributed by atoms with E-state index in [-0.39, 0.29) is 10.9 Å². The summed E-state index contributed by atoms with van der Waals surface area (Å²) in [4.78, 5) is 34.0. The first-order valence-electron chi connectivity index (χ1n) is 5.06. The predicted octanol–water partition coefficient (Wildman–Crippen LogP) is 1.44. The molecular weight excluding hydrogens is 306 g/mol. The molecule has 0 spiro atoms. The number of aryl methyl sites for hydroxylation is 1. The maximum Gasteiger partial charge on any atom is 0.422 e. The summed E-state index contributed by atoms with van der Waals surface area (Å²) in [5.41, 5.74) is -0.560. The third-order valence-electron chi connectivity index (χ3n) is 2.52. The van der Waals surface area contributed by atoms with Gasteiger partial charge in [-0.05, 0) is 35.0 Å². The van der Waals surface area contributed by atoms with Gasteiger partial charge in [0, 0.05) is 11.0 Å². The zero-order valence-corrected chi connectivity index (χ0v) is 10.9. The van der Waals surface area contributed by atoms with Gasteiger partial charge in [0.25, 0.3) is 0 Å². The third kappa shape index (κ3) is 1.86. The van der Waals surface area contributed by atoms with Gasteiger partial charge in [-0.1, -0.05) is 0 Å². The fraction of sp³-hybridized carbons (Fsp3) is 0.182. The zero-order valence-electron chi connectivity index (χ0n) is 9.27. The number of benzene rings is 1. The second-order valence-electron chi connectivity index (χ2n) is 3.56. The van der Waals surface area contributed by atoms with Crippen molar-refractivity contribution in [3.63, 3.8) is 0 Å². The lowest BCUT2D eigenvalue weighted by molar-refractivity contribution is 0.0697. The monoisotopic (exact) mass is 313 g/mol. The molecule has 1 heterocycles. The average Bonchev–Trinajstić information content (AvgIpc) is 2.30. The summed E-state index contributed by atoms with van der Waals surface area (Å²) >= 11 is 3.17. The van der Waals surface area contributed by atoms with Crippen molar-refractivity contribution in [2.24, 2.45) is 0 Å². The molecule has 0 saturated heterocycles. The molecule has 1 aromatic heterocycles. The second kappa shape index (κ2) is 4.41. The number of fused-ring (bicyclic) bond motifs is 1. The van der Waals surface area contributed by atoms with Crippen LogP contribution in [0.5, 0.6) is 0 Å². The van der Waals surface area contributed by atoms with Crippen LogP contribution in [-0.2, 0) is 6.54 Å². The molecule has 0 unspecified atom stereocenters. The van der Waals surface area contributed by atoms with Crippen LogP contribution in [0.4, 0.5) is 0 Å². The van der Waals surface area contributed by atoms with Crippen molar-refractivity contribution in [1.82, 2.24) is 4.57 Å². The van der Waals surface area contributed by atoms with Gasteiger partial charge in [0.1, 0.15) is 0 Å². The minimum Gasteiger partial charge on any atom is -0.478 e. The van der Waals surface area contributed by atoms with E-state index in [0.29, 0.717) is 16.5 Å². The number of hydrogen-bond donors (Lipinski definition) is 1. The van der Waals surface area contributed by atoms with Crippen molar-refractivity contribution >= 4 is 32.8 Å². The van der Waals surface area contributed by atoms with Gasteiger partial charge in [-0.2, -0.15) is 0 Å². The maximum atomic E-state index is 11.6. The molecule has 1 aromatic carbocycles. The minimum atomic E-state index is -1.16. The lowest BCUT2D eigenvalue weighted by atomic mass is 10.1. The molecular formula is C11H8BrNO5. The Morgan fingerprint density at radius 3 is 2.67 bits per heavy atom. The van der Waals surface area contributed by atoms with E-state index in [1.807, 2.05) is 0 Å². The van der Waals surface area contributed by atoms with Crippen LogP contribution in [0.2, 0.25) is 0 Å². The van der Waals surface area contributed by atoms with Gasteiger partial charge in [0.05, 0.1) is 16.5 Å². The first-order valence-corrected chi connectivity index (χ1v) is 5.85. The van der Waals surface area contributed by atoms with Gasteiger partial charge < -0.3 is 9.52 Å². The normalized spacial score (nSPS) is 10.8. The topological polar surface area (TPSA) is 89.5 Å². The molecule has 0 fully saturated rings. The molecule has 0 aliphatic carbocycles. The van der Waals surface area contributed by atoms with Gasteiger partial charge >= 0.3 is 17.4 Å². The van der Waals surface area contributed by atoms with Crippen LogP contribution < -0.4 is 11.4 Å². The number of aromatic nitrogens is 1. The highest BCUT2D eigenvalue weighted by Crippen LogP contribution is 2.23. The molecule has 18 heavy (non-hydrogen) atoms. The standard InChI is InChI=1S/C11H8BrNO5/c1-2-13-8-6(10(16)18-11(13)17)3-5(9(14)15)4-7(8)12/h3-4H,2H2,1H3,(H,14,15). The van der Waals surface area contributed by atoms with Crippen LogP contribution in [0, 0.1) is 0 Å². The van der Waals surface area contributed by atoms with Crippen molar-refractivity contribution in [3.8, 4) is 0 Å². The second-order valence-corrected chi connectivity index (χ2v) is 4.41. The van der Waals surface area contributed by atoms with E-state index in [1.54, 1.807) is 6.92 Å². The first kappa shape index (κ1) is 12.6. The molecule has 0 saturated carbocycles. The Morgan fingerprint density at radius 2 is 2.11 bits per heavy atom. The summed E-state index contributed by atoms with van der Waals surface area (Å²) in [6.07, 6.45) is 0. The van der Waals surface area contributed by atoms with Crippen molar-refractivity contribution in [3.05, 3.63) is 43.1 Å². The van der Waals surface area contributed by atoms with Crippen LogP contribution in [-0.4, -0.2) is 15.6 Å². The molecule has 1 N–H and O–H groups in total. The van der Waals surface area contributed by atoms with E-state index in [0.717, 1.165) is 0 Å². The number of rotatable bonds is 2. The van der Waals surface area contributed by atoms with E-state index in [4.69, 9.17) is 5.11 Å². The van der Waals surface area contributed by atoms with Gasteiger partial charge in [-0.15, -0.1) is 0 Å². The minimum absolute atomic E-state index is 0.0528. The molecule has 0 bridgehead atoms. The summed E-state index contributed by atoms with van der Waals surface area (Å²) < 4.78 is 6.16. The van der Waals surface area contributed by atoms with E-state index < -0.39 is 17.4 Å². The highest BCUT2D eigenvalue weighted by atomic mass is 79.9. The highest BCUT2D eigenvalue weighted by molar-refractivity contribution is 9.10. The Morgan fingerprint density at radius 1 is 1.44 bits per heavy atom. The van der Waals surface area contributed by atoms with Gasteiger partial charge in [-0.3, -0.25) is 4.57 Å². The highest BCUT2D eigenvalue weighted by Gasteiger charge is 2.15. The molecule has 0 aliphatic heterocycles. The Bertz CT molecular complexity index is 758.